The lowest BCUT2D eigenvalue weighted by atomic mass is 10.1. The third-order valence-electron chi connectivity index (χ3n) is 3.15. The maximum atomic E-state index is 12.0. The maximum absolute atomic E-state index is 12.0. The second-order valence-electron chi connectivity index (χ2n) is 4.00. The number of nitriles is 1. The van der Waals surface area contributed by atoms with Crippen LogP contribution in [0.25, 0.3) is 0 Å². The zero-order chi connectivity index (χ0) is 13.9. The van der Waals surface area contributed by atoms with E-state index in [0.717, 1.165) is 0 Å². The van der Waals surface area contributed by atoms with Gasteiger partial charge in [0.25, 0.3) is 5.56 Å². The van der Waals surface area contributed by atoms with Crippen LogP contribution in [0.5, 0.6) is 0 Å². The van der Waals surface area contributed by atoms with Crippen molar-refractivity contribution in [1.29, 1.82) is 5.26 Å². The topological polar surface area (TPSA) is 66.1 Å². The Kier molecular flexibility index (Phi) is 4.27. The molecule has 0 atom stereocenters. The minimum atomic E-state index is -0.359. The fourth-order valence-corrected chi connectivity index (χ4v) is 2.09. The summed E-state index contributed by atoms with van der Waals surface area (Å²) in [6.07, 6.45) is 0.712. The molecule has 0 spiro atoms. The molecule has 0 aliphatic carbocycles. The van der Waals surface area contributed by atoms with Crippen LogP contribution in [0, 0.1) is 18.3 Å². The number of carbonyl (C=O) groups excluding carboxylic acids is 1. The molecule has 0 aliphatic rings. The van der Waals surface area contributed by atoms with Crippen LogP contribution in [0.4, 0.5) is 5.82 Å². The van der Waals surface area contributed by atoms with Gasteiger partial charge in [0.05, 0.1) is 5.56 Å². The van der Waals surface area contributed by atoms with E-state index in [1.54, 1.807) is 14.0 Å². The molecular formula is C13H17N3O2. The van der Waals surface area contributed by atoms with Crippen molar-refractivity contribution in [2.24, 2.45) is 7.05 Å². The predicted molar refractivity (Wildman–Crippen MR) is 70.1 cm³/mol. The summed E-state index contributed by atoms with van der Waals surface area (Å²) in [6.45, 7) is 6.93. The van der Waals surface area contributed by atoms with Gasteiger partial charge >= 0.3 is 0 Å². The van der Waals surface area contributed by atoms with Crippen molar-refractivity contribution < 1.29 is 4.79 Å². The van der Waals surface area contributed by atoms with Crippen LogP contribution in [0.3, 0.4) is 0 Å². The molecule has 5 heteroatoms. The second kappa shape index (κ2) is 5.50. The van der Waals surface area contributed by atoms with Crippen LogP contribution in [0.1, 0.15) is 35.3 Å². The Balaban J connectivity index is 3.78. The SMILES string of the molecule is CCN(CC)c1c(C=O)c(C)c(C#N)c(=O)n1C. The van der Waals surface area contributed by atoms with E-state index in [-0.39, 0.29) is 11.1 Å². The monoisotopic (exact) mass is 247 g/mol. The Bertz CT molecular complexity index is 563. The van der Waals surface area contributed by atoms with Crippen molar-refractivity contribution >= 4 is 12.1 Å². The lowest BCUT2D eigenvalue weighted by Gasteiger charge is -2.26. The van der Waals surface area contributed by atoms with Crippen LogP contribution in [-0.4, -0.2) is 23.9 Å². The molecule has 1 heterocycles. The fourth-order valence-electron chi connectivity index (χ4n) is 2.09. The van der Waals surface area contributed by atoms with Gasteiger partial charge in [0.1, 0.15) is 17.5 Å². The summed E-state index contributed by atoms with van der Waals surface area (Å²) in [5.41, 5.74) is 0.549. The smallest absolute Gasteiger partial charge is 0.270 e. The number of pyridine rings is 1. The predicted octanol–water partition coefficient (Wildman–Crippen LogP) is 1.22. The van der Waals surface area contributed by atoms with E-state index < -0.39 is 0 Å². The van der Waals surface area contributed by atoms with Gasteiger partial charge in [0.2, 0.25) is 0 Å². The molecule has 0 amide bonds. The van der Waals surface area contributed by atoms with Gasteiger partial charge in [0, 0.05) is 20.1 Å². The minimum Gasteiger partial charge on any atom is -0.358 e. The van der Waals surface area contributed by atoms with E-state index in [2.05, 4.69) is 0 Å². The minimum absolute atomic E-state index is 0.0375. The van der Waals surface area contributed by atoms with E-state index in [4.69, 9.17) is 5.26 Å². The number of carbonyl (C=O) groups is 1. The highest BCUT2D eigenvalue weighted by Crippen LogP contribution is 2.21. The highest BCUT2D eigenvalue weighted by molar-refractivity contribution is 5.86. The van der Waals surface area contributed by atoms with E-state index in [9.17, 15) is 9.59 Å². The van der Waals surface area contributed by atoms with E-state index in [1.165, 1.54) is 4.57 Å². The van der Waals surface area contributed by atoms with Crippen molar-refractivity contribution in [3.8, 4) is 6.07 Å². The number of nitrogens with zero attached hydrogens (tertiary/aromatic N) is 3. The zero-order valence-corrected chi connectivity index (χ0v) is 11.1. The molecule has 0 fully saturated rings. The van der Waals surface area contributed by atoms with Crippen molar-refractivity contribution in [2.45, 2.75) is 20.8 Å². The molecule has 0 unspecified atom stereocenters. The lowest BCUT2D eigenvalue weighted by Crippen LogP contribution is -2.33. The van der Waals surface area contributed by atoms with Gasteiger partial charge < -0.3 is 4.90 Å². The van der Waals surface area contributed by atoms with Crippen LogP contribution >= 0.6 is 0 Å². The molecule has 1 aromatic rings. The summed E-state index contributed by atoms with van der Waals surface area (Å²) in [4.78, 5) is 25.2. The van der Waals surface area contributed by atoms with Gasteiger partial charge in [-0.05, 0) is 26.3 Å². The van der Waals surface area contributed by atoms with Crippen LogP contribution < -0.4 is 10.5 Å². The number of aldehydes is 1. The second-order valence-corrected chi connectivity index (χ2v) is 4.00. The molecule has 0 aliphatic heterocycles. The standard InChI is InChI=1S/C13H17N3O2/c1-5-16(6-2)12-11(8-17)9(3)10(7-14)13(18)15(12)4/h8H,5-6H2,1-4H3. The molecule has 0 aromatic carbocycles. The molecule has 0 radical (unpaired) electrons. The van der Waals surface area contributed by atoms with Gasteiger partial charge in [-0.3, -0.25) is 14.2 Å². The van der Waals surface area contributed by atoms with E-state index in [0.29, 0.717) is 36.3 Å². The molecule has 0 saturated carbocycles. The molecule has 1 rings (SSSR count). The lowest BCUT2D eigenvalue weighted by molar-refractivity contribution is 0.112. The number of anilines is 1. The summed E-state index contributed by atoms with van der Waals surface area (Å²) in [5.74, 6) is 0.580. The Morgan fingerprint density at radius 1 is 1.39 bits per heavy atom. The van der Waals surface area contributed by atoms with Crippen LogP contribution in [0.2, 0.25) is 0 Å². The molecule has 1 aromatic heterocycles. The van der Waals surface area contributed by atoms with Crippen molar-refractivity contribution in [3.63, 3.8) is 0 Å². The molecule has 0 saturated heterocycles. The number of hydrogen-bond donors (Lipinski definition) is 0. The first-order valence-corrected chi connectivity index (χ1v) is 5.87. The summed E-state index contributed by atoms with van der Waals surface area (Å²) >= 11 is 0. The van der Waals surface area contributed by atoms with Gasteiger partial charge in [-0.25, -0.2) is 0 Å². The average Bonchev–Trinajstić information content (AvgIpc) is 2.37. The molecular weight excluding hydrogens is 230 g/mol. The zero-order valence-electron chi connectivity index (χ0n) is 11.1. The van der Waals surface area contributed by atoms with Gasteiger partial charge in [-0.1, -0.05) is 0 Å². The Morgan fingerprint density at radius 2 is 1.94 bits per heavy atom. The largest absolute Gasteiger partial charge is 0.358 e. The van der Waals surface area contributed by atoms with Crippen molar-refractivity contribution in [2.75, 3.05) is 18.0 Å². The summed E-state index contributed by atoms with van der Waals surface area (Å²) < 4.78 is 1.38. The van der Waals surface area contributed by atoms with Crippen LogP contribution in [0.15, 0.2) is 4.79 Å². The number of hydrogen-bond acceptors (Lipinski definition) is 4. The molecule has 0 bridgehead atoms. The number of aromatic nitrogens is 1. The first kappa shape index (κ1) is 14.0. The molecule has 5 nitrogen and oxygen atoms in total. The average molecular weight is 247 g/mol. The highest BCUT2D eigenvalue weighted by Gasteiger charge is 2.19. The Hall–Kier alpha value is -2.09. The molecule has 18 heavy (non-hydrogen) atoms. The first-order chi connectivity index (χ1) is 8.53. The Labute approximate surface area is 106 Å². The fraction of sp³-hybridized carbons (Fsp3) is 0.462. The Morgan fingerprint density at radius 3 is 2.33 bits per heavy atom. The van der Waals surface area contributed by atoms with Gasteiger partial charge in [-0.2, -0.15) is 5.26 Å². The van der Waals surface area contributed by atoms with Gasteiger partial charge in [-0.15, -0.1) is 0 Å². The third kappa shape index (κ3) is 2.02. The molecule has 96 valence electrons. The van der Waals surface area contributed by atoms with Crippen LogP contribution in [-0.2, 0) is 7.05 Å². The highest BCUT2D eigenvalue weighted by atomic mass is 16.1. The van der Waals surface area contributed by atoms with E-state index in [1.807, 2.05) is 24.8 Å². The normalized spacial score (nSPS) is 9.94. The van der Waals surface area contributed by atoms with Crippen molar-refractivity contribution in [3.05, 3.63) is 27.0 Å². The van der Waals surface area contributed by atoms with Gasteiger partial charge in [0.15, 0.2) is 6.29 Å². The first-order valence-electron chi connectivity index (χ1n) is 5.87. The summed E-state index contributed by atoms with van der Waals surface area (Å²) in [6, 6.07) is 1.87. The maximum Gasteiger partial charge on any atom is 0.270 e. The number of rotatable bonds is 4. The van der Waals surface area contributed by atoms with Crippen molar-refractivity contribution in [1.82, 2.24) is 4.57 Å². The third-order valence-corrected chi connectivity index (χ3v) is 3.15. The quantitative estimate of drug-likeness (QED) is 0.750. The summed E-state index contributed by atoms with van der Waals surface area (Å²) in [5, 5.41) is 8.99. The summed E-state index contributed by atoms with van der Waals surface area (Å²) in [7, 11) is 1.59. The molecule has 0 N–H and O–H groups in total. The van der Waals surface area contributed by atoms with E-state index >= 15 is 0 Å².